The summed E-state index contributed by atoms with van der Waals surface area (Å²) in [6, 6.07) is 9.20. The predicted octanol–water partition coefficient (Wildman–Crippen LogP) is 4.20. The Morgan fingerprint density at radius 1 is 1.11 bits per heavy atom. The molecular formula is C16H23N3. The molecule has 0 bridgehead atoms. The van der Waals surface area contributed by atoms with Crippen LogP contribution in [0.15, 0.2) is 36.7 Å². The highest BCUT2D eigenvalue weighted by Crippen LogP contribution is 2.16. The average Bonchev–Trinajstić information content (AvgIpc) is 2.86. The second-order valence-corrected chi connectivity index (χ2v) is 5.55. The molecule has 1 N–H and O–H groups in total. The van der Waals surface area contributed by atoms with Gasteiger partial charge in [0.25, 0.3) is 0 Å². The Balaban J connectivity index is 1.94. The Morgan fingerprint density at radius 3 is 2.32 bits per heavy atom. The number of hydrogen-bond donors (Lipinski definition) is 1. The van der Waals surface area contributed by atoms with Crippen LogP contribution in [0.1, 0.15) is 50.8 Å². The molecule has 0 aliphatic rings. The van der Waals surface area contributed by atoms with E-state index in [9.17, 15) is 0 Å². The zero-order chi connectivity index (χ0) is 13.8. The first-order valence-electron chi connectivity index (χ1n) is 6.93. The molecule has 0 unspecified atom stereocenters. The van der Waals surface area contributed by atoms with Crippen molar-refractivity contribution in [2.45, 2.75) is 46.2 Å². The van der Waals surface area contributed by atoms with Crippen molar-refractivity contribution < 1.29 is 0 Å². The fourth-order valence-corrected chi connectivity index (χ4v) is 1.94. The summed E-state index contributed by atoms with van der Waals surface area (Å²) in [6.07, 6.45) is 3.93. The van der Waals surface area contributed by atoms with Gasteiger partial charge in [-0.05, 0) is 30.9 Å². The van der Waals surface area contributed by atoms with Crippen LogP contribution < -0.4 is 5.32 Å². The van der Waals surface area contributed by atoms with E-state index in [0.29, 0.717) is 12.0 Å². The van der Waals surface area contributed by atoms with Crippen molar-refractivity contribution >= 4 is 5.69 Å². The minimum atomic E-state index is 0.404. The number of benzene rings is 1. The molecule has 0 spiro atoms. The van der Waals surface area contributed by atoms with E-state index >= 15 is 0 Å². The molecule has 0 atom stereocenters. The number of rotatable bonds is 5. The van der Waals surface area contributed by atoms with Crippen LogP contribution in [0.4, 0.5) is 5.69 Å². The van der Waals surface area contributed by atoms with Crippen LogP contribution in [0.3, 0.4) is 0 Å². The number of nitrogens with one attached hydrogen (secondary N) is 1. The molecule has 0 saturated heterocycles. The molecule has 0 radical (unpaired) electrons. The summed E-state index contributed by atoms with van der Waals surface area (Å²) >= 11 is 0. The van der Waals surface area contributed by atoms with Crippen LogP contribution in [0.5, 0.6) is 0 Å². The van der Waals surface area contributed by atoms with E-state index in [1.807, 2.05) is 17.1 Å². The van der Waals surface area contributed by atoms with E-state index in [4.69, 9.17) is 0 Å². The van der Waals surface area contributed by atoms with Crippen molar-refractivity contribution in [2.75, 3.05) is 5.32 Å². The second kappa shape index (κ2) is 5.91. The van der Waals surface area contributed by atoms with Gasteiger partial charge in [-0.1, -0.05) is 38.1 Å². The molecule has 0 fully saturated rings. The molecule has 2 rings (SSSR count). The third kappa shape index (κ3) is 3.60. The topological polar surface area (TPSA) is 29.9 Å². The Labute approximate surface area is 115 Å². The highest BCUT2D eigenvalue weighted by atomic mass is 15.3. The molecule has 1 aromatic heterocycles. The first-order valence-corrected chi connectivity index (χ1v) is 6.93. The lowest BCUT2D eigenvalue weighted by Crippen LogP contribution is -2.01. The molecule has 19 heavy (non-hydrogen) atoms. The van der Waals surface area contributed by atoms with Crippen molar-refractivity contribution in [1.29, 1.82) is 0 Å². The summed E-state index contributed by atoms with van der Waals surface area (Å²) in [5.41, 5.74) is 3.75. The van der Waals surface area contributed by atoms with Gasteiger partial charge in [-0.2, -0.15) is 5.10 Å². The first-order chi connectivity index (χ1) is 9.06. The molecule has 2 aromatic rings. The smallest absolute Gasteiger partial charge is 0.0729 e. The fourth-order valence-electron chi connectivity index (χ4n) is 1.94. The molecule has 102 valence electrons. The average molecular weight is 257 g/mol. The molecule has 0 amide bonds. The highest BCUT2D eigenvalue weighted by molar-refractivity contribution is 5.39. The normalized spacial score (nSPS) is 11.3. The quantitative estimate of drug-likeness (QED) is 0.870. The maximum atomic E-state index is 4.32. The summed E-state index contributed by atoms with van der Waals surface area (Å²) < 4.78 is 1.96. The van der Waals surface area contributed by atoms with E-state index in [2.05, 4.69) is 62.4 Å². The van der Waals surface area contributed by atoms with Gasteiger partial charge in [0, 0.05) is 18.8 Å². The van der Waals surface area contributed by atoms with Gasteiger partial charge in [0.2, 0.25) is 0 Å². The van der Waals surface area contributed by atoms with Gasteiger partial charge in [0.1, 0.15) is 0 Å². The predicted molar refractivity (Wildman–Crippen MR) is 80.5 cm³/mol. The Bertz CT molecular complexity index is 509. The molecule has 0 aliphatic carbocycles. The van der Waals surface area contributed by atoms with Crippen molar-refractivity contribution in [2.24, 2.45) is 0 Å². The van der Waals surface area contributed by atoms with E-state index in [1.165, 1.54) is 11.1 Å². The van der Waals surface area contributed by atoms with Gasteiger partial charge in [-0.15, -0.1) is 0 Å². The minimum absolute atomic E-state index is 0.404. The van der Waals surface area contributed by atoms with Crippen LogP contribution in [-0.4, -0.2) is 9.78 Å². The van der Waals surface area contributed by atoms with Crippen LogP contribution >= 0.6 is 0 Å². The highest BCUT2D eigenvalue weighted by Gasteiger charge is 2.02. The Kier molecular flexibility index (Phi) is 4.25. The second-order valence-electron chi connectivity index (χ2n) is 5.55. The van der Waals surface area contributed by atoms with Gasteiger partial charge >= 0.3 is 0 Å². The molecule has 3 heteroatoms. The Hall–Kier alpha value is -1.77. The summed E-state index contributed by atoms with van der Waals surface area (Å²) in [6.45, 7) is 9.52. The van der Waals surface area contributed by atoms with Gasteiger partial charge in [0.15, 0.2) is 0 Å². The SMILES string of the molecule is CC(C)c1ccc(CNc2cnn(C(C)C)c2)cc1. The fraction of sp³-hybridized carbons (Fsp3) is 0.438. The molecular weight excluding hydrogens is 234 g/mol. The monoisotopic (exact) mass is 257 g/mol. The number of hydrogen-bond acceptors (Lipinski definition) is 2. The summed E-state index contributed by atoms with van der Waals surface area (Å²) in [5.74, 6) is 0.589. The summed E-state index contributed by atoms with van der Waals surface area (Å²) in [5, 5.41) is 7.72. The van der Waals surface area contributed by atoms with Gasteiger partial charge in [0.05, 0.1) is 11.9 Å². The molecule has 1 heterocycles. The maximum Gasteiger partial charge on any atom is 0.0729 e. The Morgan fingerprint density at radius 2 is 1.79 bits per heavy atom. The van der Waals surface area contributed by atoms with Crippen molar-refractivity contribution in [3.05, 3.63) is 47.8 Å². The zero-order valence-corrected chi connectivity index (χ0v) is 12.2. The van der Waals surface area contributed by atoms with Crippen LogP contribution in [-0.2, 0) is 6.54 Å². The van der Waals surface area contributed by atoms with Crippen LogP contribution in [0.25, 0.3) is 0 Å². The van der Waals surface area contributed by atoms with Gasteiger partial charge < -0.3 is 5.32 Å². The van der Waals surface area contributed by atoms with Gasteiger partial charge in [-0.25, -0.2) is 0 Å². The molecule has 0 aliphatic heterocycles. The van der Waals surface area contributed by atoms with E-state index < -0.39 is 0 Å². The van der Waals surface area contributed by atoms with Crippen molar-refractivity contribution in [3.63, 3.8) is 0 Å². The van der Waals surface area contributed by atoms with Crippen LogP contribution in [0, 0.1) is 0 Å². The lowest BCUT2D eigenvalue weighted by atomic mass is 10.0. The lowest BCUT2D eigenvalue weighted by molar-refractivity contribution is 0.532. The van der Waals surface area contributed by atoms with E-state index in [0.717, 1.165) is 12.2 Å². The largest absolute Gasteiger partial charge is 0.378 e. The van der Waals surface area contributed by atoms with Crippen molar-refractivity contribution in [1.82, 2.24) is 9.78 Å². The first kappa shape index (κ1) is 13.7. The van der Waals surface area contributed by atoms with Gasteiger partial charge in [-0.3, -0.25) is 4.68 Å². The third-order valence-electron chi connectivity index (χ3n) is 3.27. The van der Waals surface area contributed by atoms with Crippen molar-refractivity contribution in [3.8, 4) is 0 Å². The zero-order valence-electron chi connectivity index (χ0n) is 12.2. The summed E-state index contributed by atoms with van der Waals surface area (Å²) in [4.78, 5) is 0. The standard InChI is InChI=1S/C16H23N3/c1-12(2)15-7-5-14(6-8-15)9-17-16-10-18-19(11-16)13(3)4/h5-8,10-13,17H,9H2,1-4H3. The lowest BCUT2D eigenvalue weighted by Gasteiger charge is -2.08. The molecule has 0 saturated carbocycles. The summed E-state index contributed by atoms with van der Waals surface area (Å²) in [7, 11) is 0. The maximum absolute atomic E-state index is 4.32. The molecule has 1 aromatic carbocycles. The third-order valence-corrected chi connectivity index (χ3v) is 3.27. The minimum Gasteiger partial charge on any atom is -0.378 e. The number of aromatic nitrogens is 2. The molecule has 3 nitrogen and oxygen atoms in total. The van der Waals surface area contributed by atoms with Crippen LogP contribution in [0.2, 0.25) is 0 Å². The van der Waals surface area contributed by atoms with E-state index in [-0.39, 0.29) is 0 Å². The number of nitrogens with zero attached hydrogens (tertiary/aromatic N) is 2. The van der Waals surface area contributed by atoms with E-state index in [1.54, 1.807) is 0 Å². The number of anilines is 1.